The van der Waals surface area contributed by atoms with E-state index in [0.29, 0.717) is 12.2 Å². The Kier molecular flexibility index (Phi) is 3.44. The summed E-state index contributed by atoms with van der Waals surface area (Å²) in [5.74, 6) is 0.749. The van der Waals surface area contributed by atoms with Gasteiger partial charge in [0.2, 0.25) is 0 Å². The first-order valence-corrected chi connectivity index (χ1v) is 7.03. The Bertz CT molecular complexity index is 777. The lowest BCUT2D eigenvalue weighted by molar-refractivity contribution is 0.0985. The summed E-state index contributed by atoms with van der Waals surface area (Å²) in [7, 11) is 0. The highest BCUT2D eigenvalue weighted by Gasteiger charge is 2.21. The van der Waals surface area contributed by atoms with Crippen molar-refractivity contribution in [1.29, 1.82) is 0 Å². The summed E-state index contributed by atoms with van der Waals surface area (Å²) >= 11 is 0. The van der Waals surface area contributed by atoms with E-state index < -0.39 is 0 Å². The van der Waals surface area contributed by atoms with E-state index >= 15 is 0 Å². The van der Waals surface area contributed by atoms with Crippen molar-refractivity contribution in [2.24, 2.45) is 0 Å². The molecule has 4 nitrogen and oxygen atoms in total. The van der Waals surface area contributed by atoms with Crippen LogP contribution in [0.25, 0.3) is 5.52 Å². The minimum absolute atomic E-state index is 0.0690. The van der Waals surface area contributed by atoms with Gasteiger partial charge in [0.1, 0.15) is 5.82 Å². The molecule has 0 aliphatic heterocycles. The third-order valence-electron chi connectivity index (χ3n) is 3.56. The SMILES string of the molecule is CCN(C(=O)c1nc(C)n2ccccc12)c1ccccc1. The number of anilines is 1. The van der Waals surface area contributed by atoms with Gasteiger partial charge in [-0.05, 0) is 38.1 Å². The summed E-state index contributed by atoms with van der Waals surface area (Å²) in [4.78, 5) is 19.1. The van der Waals surface area contributed by atoms with Gasteiger partial charge >= 0.3 is 0 Å². The van der Waals surface area contributed by atoms with E-state index in [9.17, 15) is 4.79 Å². The molecule has 4 heteroatoms. The first-order valence-electron chi connectivity index (χ1n) is 7.03. The number of amides is 1. The van der Waals surface area contributed by atoms with Gasteiger partial charge in [0, 0.05) is 18.4 Å². The molecule has 1 amide bonds. The molecule has 0 spiro atoms. The summed E-state index contributed by atoms with van der Waals surface area (Å²) in [5.41, 5.74) is 2.23. The van der Waals surface area contributed by atoms with Crippen LogP contribution in [0.2, 0.25) is 0 Å². The minimum Gasteiger partial charge on any atom is -0.307 e. The number of nitrogens with zero attached hydrogens (tertiary/aromatic N) is 3. The molecule has 0 bridgehead atoms. The number of benzene rings is 1. The van der Waals surface area contributed by atoms with Gasteiger partial charge in [0.05, 0.1) is 5.52 Å². The van der Waals surface area contributed by atoms with Crippen LogP contribution in [0.4, 0.5) is 5.69 Å². The van der Waals surface area contributed by atoms with Crippen molar-refractivity contribution in [3.63, 3.8) is 0 Å². The number of fused-ring (bicyclic) bond motifs is 1. The second-order valence-electron chi connectivity index (χ2n) is 4.85. The number of aromatic nitrogens is 2. The lowest BCUT2D eigenvalue weighted by atomic mass is 10.2. The average molecular weight is 279 g/mol. The largest absolute Gasteiger partial charge is 0.307 e. The van der Waals surface area contributed by atoms with Gasteiger partial charge in [0.25, 0.3) is 5.91 Å². The molecule has 0 radical (unpaired) electrons. The van der Waals surface area contributed by atoms with Gasteiger partial charge in [0.15, 0.2) is 5.69 Å². The van der Waals surface area contributed by atoms with E-state index in [1.54, 1.807) is 4.90 Å². The Morgan fingerprint density at radius 3 is 2.57 bits per heavy atom. The highest BCUT2D eigenvalue weighted by Crippen LogP contribution is 2.19. The molecule has 0 aliphatic rings. The Hall–Kier alpha value is -2.62. The van der Waals surface area contributed by atoms with Crippen LogP contribution in [0.3, 0.4) is 0 Å². The highest BCUT2D eigenvalue weighted by molar-refractivity contribution is 6.09. The van der Waals surface area contributed by atoms with Crippen LogP contribution in [0.1, 0.15) is 23.2 Å². The molecule has 0 fully saturated rings. The number of aryl methyl sites for hydroxylation is 1. The molecule has 0 saturated heterocycles. The monoisotopic (exact) mass is 279 g/mol. The van der Waals surface area contributed by atoms with Crippen molar-refractivity contribution in [2.75, 3.05) is 11.4 Å². The van der Waals surface area contributed by atoms with Gasteiger partial charge in [-0.15, -0.1) is 0 Å². The number of rotatable bonds is 3. The molecule has 0 saturated carbocycles. The lowest BCUT2D eigenvalue weighted by Crippen LogP contribution is -2.31. The number of imidazole rings is 1. The molecular formula is C17H17N3O. The first kappa shape index (κ1) is 13.4. The maximum absolute atomic E-state index is 12.9. The van der Waals surface area contributed by atoms with E-state index in [-0.39, 0.29) is 5.91 Å². The predicted molar refractivity (Wildman–Crippen MR) is 83.7 cm³/mol. The maximum Gasteiger partial charge on any atom is 0.279 e. The zero-order valence-corrected chi connectivity index (χ0v) is 12.2. The third kappa shape index (κ3) is 2.29. The molecule has 0 unspecified atom stereocenters. The van der Waals surface area contributed by atoms with Crippen molar-refractivity contribution in [3.05, 3.63) is 66.2 Å². The smallest absolute Gasteiger partial charge is 0.279 e. The van der Waals surface area contributed by atoms with E-state index in [4.69, 9.17) is 0 Å². The van der Waals surface area contributed by atoms with E-state index in [1.807, 2.05) is 73.0 Å². The van der Waals surface area contributed by atoms with Crippen LogP contribution in [0, 0.1) is 6.92 Å². The summed E-state index contributed by atoms with van der Waals surface area (Å²) in [5, 5.41) is 0. The van der Waals surface area contributed by atoms with E-state index in [0.717, 1.165) is 17.0 Å². The summed E-state index contributed by atoms with van der Waals surface area (Å²) in [6, 6.07) is 15.5. The van der Waals surface area contributed by atoms with Gasteiger partial charge in [-0.2, -0.15) is 0 Å². The van der Waals surface area contributed by atoms with Gasteiger partial charge in [-0.1, -0.05) is 24.3 Å². The van der Waals surface area contributed by atoms with Crippen molar-refractivity contribution in [2.45, 2.75) is 13.8 Å². The molecule has 21 heavy (non-hydrogen) atoms. The second-order valence-corrected chi connectivity index (χ2v) is 4.85. The second kappa shape index (κ2) is 5.40. The molecule has 1 aromatic carbocycles. The topological polar surface area (TPSA) is 37.6 Å². The molecule has 3 rings (SSSR count). The van der Waals surface area contributed by atoms with Crippen molar-refractivity contribution in [3.8, 4) is 0 Å². The Morgan fingerprint density at radius 2 is 1.86 bits per heavy atom. The van der Waals surface area contributed by atoms with Gasteiger partial charge < -0.3 is 9.30 Å². The molecule has 0 atom stereocenters. The van der Waals surface area contributed by atoms with Crippen molar-refractivity contribution in [1.82, 2.24) is 9.38 Å². The standard InChI is InChI=1S/C17H17N3O/c1-3-19(14-9-5-4-6-10-14)17(21)16-15-11-7-8-12-20(15)13(2)18-16/h4-12H,3H2,1-2H3. The number of hydrogen-bond acceptors (Lipinski definition) is 2. The zero-order chi connectivity index (χ0) is 14.8. The Labute approximate surface area is 123 Å². The van der Waals surface area contributed by atoms with Crippen LogP contribution >= 0.6 is 0 Å². The summed E-state index contributed by atoms with van der Waals surface area (Å²) in [6.07, 6.45) is 1.92. The van der Waals surface area contributed by atoms with Crippen molar-refractivity contribution < 1.29 is 4.79 Å². The van der Waals surface area contributed by atoms with Crippen LogP contribution in [0.5, 0.6) is 0 Å². The molecule has 0 N–H and O–H groups in total. The van der Waals surface area contributed by atoms with Gasteiger partial charge in [-0.25, -0.2) is 4.98 Å². The number of hydrogen-bond donors (Lipinski definition) is 0. The van der Waals surface area contributed by atoms with Crippen LogP contribution in [0.15, 0.2) is 54.7 Å². The number of pyridine rings is 1. The zero-order valence-electron chi connectivity index (χ0n) is 12.2. The minimum atomic E-state index is -0.0690. The maximum atomic E-state index is 12.9. The van der Waals surface area contributed by atoms with Gasteiger partial charge in [-0.3, -0.25) is 4.79 Å². The summed E-state index contributed by atoms with van der Waals surface area (Å²) < 4.78 is 1.94. The van der Waals surface area contributed by atoms with E-state index in [2.05, 4.69) is 4.98 Å². The number of carbonyl (C=O) groups is 1. The fourth-order valence-corrected chi connectivity index (χ4v) is 2.53. The lowest BCUT2D eigenvalue weighted by Gasteiger charge is -2.20. The molecule has 106 valence electrons. The quantitative estimate of drug-likeness (QED) is 0.737. The first-order chi connectivity index (χ1) is 10.2. The molecule has 0 aliphatic carbocycles. The normalized spacial score (nSPS) is 10.8. The van der Waals surface area contributed by atoms with E-state index in [1.165, 1.54) is 0 Å². The van der Waals surface area contributed by atoms with Crippen molar-refractivity contribution >= 4 is 17.1 Å². The number of para-hydroxylation sites is 1. The van der Waals surface area contributed by atoms with Crippen LogP contribution in [-0.4, -0.2) is 21.8 Å². The molecule has 3 aromatic rings. The van der Waals surface area contributed by atoms with Crippen LogP contribution in [-0.2, 0) is 0 Å². The molecule has 2 heterocycles. The Morgan fingerprint density at radius 1 is 1.14 bits per heavy atom. The fourth-order valence-electron chi connectivity index (χ4n) is 2.53. The predicted octanol–water partition coefficient (Wildman–Crippen LogP) is 3.31. The molecular weight excluding hydrogens is 262 g/mol. The van der Waals surface area contributed by atoms with Crippen LogP contribution < -0.4 is 4.90 Å². The average Bonchev–Trinajstić information content (AvgIpc) is 2.87. The highest BCUT2D eigenvalue weighted by atomic mass is 16.2. The molecule has 2 aromatic heterocycles. The Balaban J connectivity index is 2.07. The third-order valence-corrected chi connectivity index (χ3v) is 3.56. The summed E-state index contributed by atoms with van der Waals surface area (Å²) in [6.45, 7) is 4.48. The fraction of sp³-hybridized carbons (Fsp3) is 0.176. The number of carbonyl (C=O) groups excluding carboxylic acids is 1.